The summed E-state index contributed by atoms with van der Waals surface area (Å²) in [5, 5.41) is 19.9. The molecule has 0 aromatic heterocycles. The van der Waals surface area contributed by atoms with E-state index in [0.717, 1.165) is 0 Å². The fourth-order valence-corrected chi connectivity index (χ4v) is 1.17. The van der Waals surface area contributed by atoms with Crippen LogP contribution in [-0.2, 0) is 9.59 Å². The van der Waals surface area contributed by atoms with Gasteiger partial charge in [-0.3, -0.25) is 14.6 Å². The number of nitrogens with one attached hydrogen (secondary N) is 1. The van der Waals surface area contributed by atoms with Gasteiger partial charge in [0, 0.05) is 13.1 Å². The number of aliphatic imine (C=N–C) groups is 1. The van der Waals surface area contributed by atoms with Crippen molar-refractivity contribution in [3.05, 3.63) is 0 Å². The minimum Gasteiger partial charge on any atom is -0.481 e. The number of hydrogen-bond donors (Lipinski definition) is 5. The van der Waals surface area contributed by atoms with Gasteiger partial charge in [-0.1, -0.05) is 0 Å². The molecule has 0 radical (unpaired) electrons. The van der Waals surface area contributed by atoms with Gasteiger partial charge in [-0.2, -0.15) is 0 Å². The zero-order valence-electron chi connectivity index (χ0n) is 9.83. The fourth-order valence-electron chi connectivity index (χ4n) is 1.17. The molecule has 8 nitrogen and oxygen atoms in total. The molecule has 0 saturated heterocycles. The molecule has 0 saturated carbocycles. The average Bonchev–Trinajstić information content (AvgIpc) is 2.20. The molecular formula is C9H19ClN4O4. The SMILES string of the molecule is Cl.NC(N)=NCCC[C@H](NCCC(=O)O)C(=O)O. The van der Waals surface area contributed by atoms with Crippen LogP contribution in [0.25, 0.3) is 0 Å². The number of carboxylic acids is 2. The van der Waals surface area contributed by atoms with E-state index in [1.807, 2.05) is 0 Å². The lowest BCUT2D eigenvalue weighted by atomic mass is 10.1. The van der Waals surface area contributed by atoms with Gasteiger partial charge in [0.2, 0.25) is 0 Å². The molecule has 0 fully saturated rings. The largest absolute Gasteiger partial charge is 0.481 e. The summed E-state index contributed by atoms with van der Waals surface area (Å²) in [6.45, 7) is 0.474. The lowest BCUT2D eigenvalue weighted by Crippen LogP contribution is -2.38. The predicted octanol–water partition coefficient (Wildman–Crippen LogP) is -1.02. The van der Waals surface area contributed by atoms with Gasteiger partial charge in [0.1, 0.15) is 6.04 Å². The van der Waals surface area contributed by atoms with E-state index in [1.54, 1.807) is 0 Å². The molecule has 0 spiro atoms. The van der Waals surface area contributed by atoms with Crippen LogP contribution in [0.1, 0.15) is 19.3 Å². The van der Waals surface area contributed by atoms with Crippen LogP contribution in [0.4, 0.5) is 0 Å². The Labute approximate surface area is 111 Å². The third-order valence-corrected chi connectivity index (χ3v) is 1.97. The van der Waals surface area contributed by atoms with Crippen molar-refractivity contribution in [1.29, 1.82) is 0 Å². The van der Waals surface area contributed by atoms with Gasteiger partial charge in [0.25, 0.3) is 0 Å². The Hall–Kier alpha value is -1.54. The number of halogens is 1. The second kappa shape index (κ2) is 10.6. The van der Waals surface area contributed by atoms with Crippen LogP contribution in [0.5, 0.6) is 0 Å². The van der Waals surface area contributed by atoms with Crippen molar-refractivity contribution >= 4 is 30.3 Å². The van der Waals surface area contributed by atoms with E-state index in [9.17, 15) is 9.59 Å². The van der Waals surface area contributed by atoms with Gasteiger partial charge in [-0.05, 0) is 12.8 Å². The highest BCUT2D eigenvalue weighted by Crippen LogP contribution is 1.98. The molecule has 0 aromatic rings. The van der Waals surface area contributed by atoms with Crippen molar-refractivity contribution in [1.82, 2.24) is 5.32 Å². The maximum Gasteiger partial charge on any atom is 0.320 e. The highest BCUT2D eigenvalue weighted by Gasteiger charge is 2.16. The quantitative estimate of drug-likeness (QED) is 0.206. The third kappa shape index (κ3) is 11.0. The minimum absolute atomic E-state index is 0. The Kier molecular flexibility index (Phi) is 11.1. The normalized spacial score (nSPS) is 11.1. The zero-order valence-corrected chi connectivity index (χ0v) is 10.7. The summed E-state index contributed by atoms with van der Waals surface area (Å²) in [4.78, 5) is 24.8. The van der Waals surface area contributed by atoms with Crippen LogP contribution in [0, 0.1) is 0 Å². The molecule has 1 atom stereocenters. The van der Waals surface area contributed by atoms with E-state index in [2.05, 4.69) is 10.3 Å². The molecule has 0 bridgehead atoms. The van der Waals surface area contributed by atoms with Crippen molar-refractivity contribution in [2.75, 3.05) is 13.1 Å². The Morgan fingerprint density at radius 1 is 1.28 bits per heavy atom. The maximum atomic E-state index is 10.8. The second-order valence-electron chi connectivity index (χ2n) is 3.44. The summed E-state index contributed by atoms with van der Waals surface area (Å²) in [5.74, 6) is -2.02. The first-order valence-electron chi connectivity index (χ1n) is 5.17. The Morgan fingerprint density at radius 3 is 2.33 bits per heavy atom. The Balaban J connectivity index is 0. The lowest BCUT2D eigenvalue weighted by molar-refractivity contribution is -0.141. The van der Waals surface area contributed by atoms with Crippen LogP contribution in [-0.4, -0.2) is 47.2 Å². The fraction of sp³-hybridized carbons (Fsp3) is 0.667. The molecule has 9 heteroatoms. The van der Waals surface area contributed by atoms with Gasteiger partial charge in [-0.15, -0.1) is 12.4 Å². The summed E-state index contributed by atoms with van der Waals surface area (Å²) in [6, 6.07) is -0.774. The number of hydrogen-bond acceptors (Lipinski definition) is 4. The molecular weight excluding hydrogens is 264 g/mol. The first-order chi connectivity index (χ1) is 7.93. The third-order valence-electron chi connectivity index (χ3n) is 1.97. The van der Waals surface area contributed by atoms with Crippen LogP contribution in [0.2, 0.25) is 0 Å². The van der Waals surface area contributed by atoms with Crippen molar-refractivity contribution in [2.45, 2.75) is 25.3 Å². The summed E-state index contributed by atoms with van der Waals surface area (Å²) in [6.07, 6.45) is 0.734. The van der Waals surface area contributed by atoms with E-state index in [-0.39, 0.29) is 31.3 Å². The van der Waals surface area contributed by atoms with E-state index in [0.29, 0.717) is 19.4 Å². The maximum absolute atomic E-state index is 10.8. The van der Waals surface area contributed by atoms with E-state index in [1.165, 1.54) is 0 Å². The van der Waals surface area contributed by atoms with Gasteiger partial charge < -0.3 is 27.0 Å². The van der Waals surface area contributed by atoms with Crippen molar-refractivity contribution in [3.63, 3.8) is 0 Å². The minimum atomic E-state index is -1.01. The number of rotatable bonds is 9. The van der Waals surface area contributed by atoms with E-state index >= 15 is 0 Å². The standard InChI is InChI=1S/C9H18N4O4.ClH/c10-9(11)13-4-1-2-6(8(16)17)12-5-3-7(14)15;/h6,12H,1-5H2,(H,14,15)(H,16,17)(H4,10,11,13);1H/t6-;/m0./s1. The van der Waals surface area contributed by atoms with Crippen LogP contribution in [0.3, 0.4) is 0 Å². The summed E-state index contributed by atoms with van der Waals surface area (Å²) in [7, 11) is 0. The molecule has 0 aromatic carbocycles. The number of aliphatic carboxylic acids is 2. The molecule has 18 heavy (non-hydrogen) atoms. The molecule has 0 unspecified atom stereocenters. The van der Waals surface area contributed by atoms with Crippen LogP contribution >= 0.6 is 12.4 Å². The number of nitrogens with two attached hydrogens (primary N) is 2. The molecule has 0 amide bonds. The molecule has 0 rings (SSSR count). The smallest absolute Gasteiger partial charge is 0.320 e. The molecule has 7 N–H and O–H groups in total. The highest BCUT2D eigenvalue weighted by atomic mass is 35.5. The Bertz CT molecular complexity index is 294. The second-order valence-corrected chi connectivity index (χ2v) is 3.44. The zero-order chi connectivity index (χ0) is 13.3. The topological polar surface area (TPSA) is 151 Å². The Morgan fingerprint density at radius 2 is 1.89 bits per heavy atom. The molecule has 0 aliphatic heterocycles. The van der Waals surface area contributed by atoms with Crippen LogP contribution < -0.4 is 16.8 Å². The molecule has 0 aliphatic carbocycles. The van der Waals surface area contributed by atoms with Crippen LogP contribution in [0.15, 0.2) is 4.99 Å². The number of carboxylic acid groups (broad SMARTS) is 2. The molecule has 106 valence electrons. The van der Waals surface area contributed by atoms with E-state index < -0.39 is 18.0 Å². The summed E-state index contributed by atoms with van der Waals surface area (Å²) in [5.41, 5.74) is 10.2. The summed E-state index contributed by atoms with van der Waals surface area (Å²) < 4.78 is 0. The summed E-state index contributed by atoms with van der Waals surface area (Å²) >= 11 is 0. The predicted molar refractivity (Wildman–Crippen MR) is 68.8 cm³/mol. The van der Waals surface area contributed by atoms with Gasteiger partial charge >= 0.3 is 11.9 Å². The molecule has 0 heterocycles. The number of guanidine groups is 1. The number of carbonyl (C=O) groups is 2. The van der Waals surface area contributed by atoms with Gasteiger partial charge in [-0.25, -0.2) is 0 Å². The highest BCUT2D eigenvalue weighted by molar-refractivity contribution is 5.85. The first kappa shape index (κ1) is 18.8. The van der Waals surface area contributed by atoms with Gasteiger partial charge in [0.15, 0.2) is 5.96 Å². The average molecular weight is 283 g/mol. The van der Waals surface area contributed by atoms with Gasteiger partial charge in [0.05, 0.1) is 6.42 Å². The number of nitrogens with zero attached hydrogens (tertiary/aromatic N) is 1. The molecule has 0 aliphatic rings. The van der Waals surface area contributed by atoms with E-state index in [4.69, 9.17) is 21.7 Å². The van der Waals surface area contributed by atoms with Crippen molar-refractivity contribution in [2.24, 2.45) is 16.5 Å². The lowest BCUT2D eigenvalue weighted by Gasteiger charge is -2.12. The van der Waals surface area contributed by atoms with Crippen molar-refractivity contribution < 1.29 is 19.8 Å². The first-order valence-corrected chi connectivity index (χ1v) is 5.17. The monoisotopic (exact) mass is 282 g/mol. The van der Waals surface area contributed by atoms with Crippen molar-refractivity contribution in [3.8, 4) is 0 Å².